The van der Waals surface area contributed by atoms with Crippen LogP contribution in [0.4, 0.5) is 0 Å². The van der Waals surface area contributed by atoms with Crippen molar-refractivity contribution in [3.63, 3.8) is 0 Å². The fourth-order valence-corrected chi connectivity index (χ4v) is 1.01. The minimum Gasteiger partial charge on any atom is -0.394 e. The monoisotopic (exact) mass is 234 g/mol. The molecule has 16 heavy (non-hydrogen) atoms. The predicted octanol–water partition coefficient (Wildman–Crippen LogP) is -2.66. The number of amides is 2. The standard InChI is InChI=1S/C9H18N2O5/c1-6(10-7(2)15)8(16)11-9(3-12,4-13)5-14/h6,12-14H,3-5H2,1-2H3,(H,10,15)(H,11,16). The SMILES string of the molecule is CC(=O)NC(C)C(=O)NC(CO)(CO)CO. The largest absolute Gasteiger partial charge is 0.394 e. The van der Waals surface area contributed by atoms with Gasteiger partial charge in [-0.3, -0.25) is 9.59 Å². The zero-order valence-corrected chi connectivity index (χ0v) is 9.36. The maximum absolute atomic E-state index is 11.5. The first-order valence-electron chi connectivity index (χ1n) is 4.82. The van der Waals surface area contributed by atoms with E-state index < -0.39 is 37.3 Å². The Hall–Kier alpha value is -1.18. The molecule has 0 spiro atoms. The van der Waals surface area contributed by atoms with Gasteiger partial charge in [0.2, 0.25) is 11.8 Å². The molecule has 94 valence electrons. The minimum atomic E-state index is -1.47. The molecule has 0 radical (unpaired) electrons. The normalized spacial score (nSPS) is 13.1. The number of hydrogen-bond donors (Lipinski definition) is 5. The lowest BCUT2D eigenvalue weighted by Crippen LogP contribution is -2.60. The lowest BCUT2D eigenvalue weighted by atomic mass is 10.0. The van der Waals surface area contributed by atoms with E-state index in [2.05, 4.69) is 10.6 Å². The van der Waals surface area contributed by atoms with E-state index in [4.69, 9.17) is 15.3 Å². The fourth-order valence-electron chi connectivity index (χ4n) is 1.01. The van der Waals surface area contributed by atoms with Crippen LogP contribution in [0.15, 0.2) is 0 Å². The average Bonchev–Trinajstić information content (AvgIpc) is 2.25. The van der Waals surface area contributed by atoms with Crippen molar-refractivity contribution in [1.29, 1.82) is 0 Å². The van der Waals surface area contributed by atoms with Crippen molar-refractivity contribution >= 4 is 11.8 Å². The molecule has 1 atom stereocenters. The second kappa shape index (κ2) is 6.41. The van der Waals surface area contributed by atoms with Crippen molar-refractivity contribution in [2.24, 2.45) is 0 Å². The molecule has 7 nitrogen and oxygen atoms in total. The molecule has 0 aromatic heterocycles. The first-order valence-corrected chi connectivity index (χ1v) is 4.82. The Labute approximate surface area is 93.5 Å². The lowest BCUT2D eigenvalue weighted by molar-refractivity contribution is -0.130. The van der Waals surface area contributed by atoms with Crippen LogP contribution in [0.25, 0.3) is 0 Å². The van der Waals surface area contributed by atoms with E-state index in [-0.39, 0.29) is 5.91 Å². The van der Waals surface area contributed by atoms with Crippen LogP contribution < -0.4 is 10.6 Å². The fraction of sp³-hybridized carbons (Fsp3) is 0.778. The number of carbonyl (C=O) groups is 2. The van der Waals surface area contributed by atoms with Crippen molar-refractivity contribution in [1.82, 2.24) is 10.6 Å². The molecule has 0 aliphatic carbocycles. The first-order chi connectivity index (χ1) is 7.40. The van der Waals surface area contributed by atoms with Crippen molar-refractivity contribution in [3.8, 4) is 0 Å². The molecule has 0 bridgehead atoms. The van der Waals surface area contributed by atoms with E-state index >= 15 is 0 Å². The van der Waals surface area contributed by atoms with Gasteiger partial charge in [-0.25, -0.2) is 0 Å². The molecule has 0 heterocycles. The van der Waals surface area contributed by atoms with Crippen LogP contribution >= 0.6 is 0 Å². The van der Waals surface area contributed by atoms with E-state index in [9.17, 15) is 9.59 Å². The van der Waals surface area contributed by atoms with E-state index in [1.165, 1.54) is 13.8 Å². The van der Waals surface area contributed by atoms with Gasteiger partial charge in [0.05, 0.1) is 19.8 Å². The number of carbonyl (C=O) groups excluding carboxylic acids is 2. The van der Waals surface area contributed by atoms with Crippen LogP contribution in [-0.4, -0.2) is 58.5 Å². The molecule has 0 saturated heterocycles. The number of nitrogens with one attached hydrogen (secondary N) is 2. The van der Waals surface area contributed by atoms with Gasteiger partial charge in [0, 0.05) is 6.92 Å². The van der Waals surface area contributed by atoms with Gasteiger partial charge in [0.1, 0.15) is 11.6 Å². The molecule has 0 aliphatic rings. The summed E-state index contributed by atoms with van der Waals surface area (Å²) in [5.41, 5.74) is -1.47. The molecule has 5 N–H and O–H groups in total. The van der Waals surface area contributed by atoms with Crippen LogP contribution in [0.3, 0.4) is 0 Å². The number of aliphatic hydroxyl groups is 3. The van der Waals surface area contributed by atoms with Gasteiger partial charge in [0.25, 0.3) is 0 Å². The Kier molecular flexibility index (Phi) is 5.94. The Morgan fingerprint density at radius 1 is 1.19 bits per heavy atom. The van der Waals surface area contributed by atoms with Crippen LogP contribution in [-0.2, 0) is 9.59 Å². The van der Waals surface area contributed by atoms with Gasteiger partial charge in [-0.15, -0.1) is 0 Å². The second-order valence-corrected chi connectivity index (χ2v) is 3.67. The lowest BCUT2D eigenvalue weighted by Gasteiger charge is -2.30. The summed E-state index contributed by atoms with van der Waals surface area (Å²) in [6.07, 6.45) is 0. The van der Waals surface area contributed by atoms with E-state index in [0.29, 0.717) is 0 Å². The molecule has 0 aromatic carbocycles. The Morgan fingerprint density at radius 2 is 1.62 bits per heavy atom. The number of aliphatic hydroxyl groups excluding tert-OH is 3. The Bertz CT molecular complexity index is 244. The smallest absolute Gasteiger partial charge is 0.242 e. The summed E-state index contributed by atoms with van der Waals surface area (Å²) < 4.78 is 0. The van der Waals surface area contributed by atoms with E-state index in [0.717, 1.165) is 0 Å². The summed E-state index contributed by atoms with van der Waals surface area (Å²) in [7, 11) is 0. The number of hydrogen-bond acceptors (Lipinski definition) is 5. The van der Waals surface area contributed by atoms with Crippen LogP contribution in [0, 0.1) is 0 Å². The summed E-state index contributed by atoms with van der Waals surface area (Å²) in [6, 6.07) is -0.804. The Balaban J connectivity index is 4.45. The van der Waals surface area contributed by atoms with Crippen molar-refractivity contribution in [2.45, 2.75) is 25.4 Å². The van der Waals surface area contributed by atoms with Gasteiger partial charge >= 0.3 is 0 Å². The van der Waals surface area contributed by atoms with Crippen LogP contribution in [0.2, 0.25) is 0 Å². The van der Waals surface area contributed by atoms with Gasteiger partial charge in [-0.05, 0) is 6.92 Å². The summed E-state index contributed by atoms with van der Waals surface area (Å²) in [5, 5.41) is 31.5. The Morgan fingerprint density at radius 3 is 1.94 bits per heavy atom. The topological polar surface area (TPSA) is 119 Å². The van der Waals surface area contributed by atoms with Crippen LogP contribution in [0.1, 0.15) is 13.8 Å². The predicted molar refractivity (Wildman–Crippen MR) is 55.4 cm³/mol. The molecular formula is C9H18N2O5. The molecule has 2 amide bonds. The molecule has 1 unspecified atom stereocenters. The minimum absolute atomic E-state index is 0.370. The summed E-state index contributed by atoms with van der Waals surface area (Å²) in [4.78, 5) is 22.2. The van der Waals surface area contributed by atoms with Crippen molar-refractivity contribution in [2.75, 3.05) is 19.8 Å². The van der Waals surface area contributed by atoms with Gasteiger partial charge in [0.15, 0.2) is 0 Å². The highest BCUT2D eigenvalue weighted by Gasteiger charge is 2.31. The van der Waals surface area contributed by atoms with Crippen molar-refractivity contribution < 1.29 is 24.9 Å². The highest BCUT2D eigenvalue weighted by atomic mass is 16.3. The molecule has 0 rings (SSSR count). The van der Waals surface area contributed by atoms with Gasteiger partial charge in [-0.2, -0.15) is 0 Å². The van der Waals surface area contributed by atoms with Gasteiger partial charge in [-0.1, -0.05) is 0 Å². The highest BCUT2D eigenvalue weighted by molar-refractivity contribution is 5.86. The van der Waals surface area contributed by atoms with E-state index in [1.54, 1.807) is 0 Å². The number of rotatable bonds is 6. The zero-order valence-electron chi connectivity index (χ0n) is 9.36. The van der Waals surface area contributed by atoms with Gasteiger partial charge < -0.3 is 26.0 Å². The second-order valence-electron chi connectivity index (χ2n) is 3.67. The average molecular weight is 234 g/mol. The summed E-state index contributed by atoms with van der Waals surface area (Å²) in [6.45, 7) is 0.921. The zero-order chi connectivity index (χ0) is 12.8. The summed E-state index contributed by atoms with van der Waals surface area (Å²) in [5.74, 6) is -0.961. The van der Waals surface area contributed by atoms with Crippen LogP contribution in [0.5, 0.6) is 0 Å². The molecule has 7 heteroatoms. The maximum Gasteiger partial charge on any atom is 0.242 e. The summed E-state index contributed by atoms with van der Waals surface area (Å²) >= 11 is 0. The molecule has 0 aromatic rings. The molecular weight excluding hydrogens is 216 g/mol. The molecule has 0 saturated carbocycles. The molecule has 0 fully saturated rings. The maximum atomic E-state index is 11.5. The quantitative estimate of drug-likeness (QED) is 0.344. The molecule has 0 aliphatic heterocycles. The third-order valence-corrected chi connectivity index (χ3v) is 2.11. The van der Waals surface area contributed by atoms with E-state index in [1.807, 2.05) is 0 Å². The van der Waals surface area contributed by atoms with Crippen molar-refractivity contribution in [3.05, 3.63) is 0 Å². The highest BCUT2D eigenvalue weighted by Crippen LogP contribution is 2.02. The third kappa shape index (κ3) is 4.13. The first kappa shape index (κ1) is 14.8. The third-order valence-electron chi connectivity index (χ3n) is 2.11.